The van der Waals surface area contributed by atoms with Crippen molar-refractivity contribution in [3.8, 4) is 101 Å². The Morgan fingerprint density at radius 1 is 0.143 bits per heavy atom. The van der Waals surface area contributed by atoms with Crippen LogP contribution in [0.25, 0.3) is 164 Å². The molecule has 0 heterocycles. The largest absolute Gasteiger partial charge is 0.508 e. The van der Waals surface area contributed by atoms with Crippen molar-refractivity contribution in [1.29, 1.82) is 0 Å². The molecular formula is C82H52O2. The summed E-state index contributed by atoms with van der Waals surface area (Å²) in [4.78, 5) is 0. The lowest BCUT2D eigenvalue weighted by Crippen LogP contribution is -1.93. The first kappa shape index (κ1) is 48.8. The van der Waals surface area contributed by atoms with Crippen LogP contribution < -0.4 is 0 Å². The van der Waals surface area contributed by atoms with E-state index < -0.39 is 0 Å². The standard InChI is InChI=1S/C82H52O2/c83-65-35-29-51(30-36-65)57-33-39-75-77(63-43-59(71-25-9-17-53-13-1-5-21-67(53)71)41-60(44-63)72-26-10-18-54-14-2-6-22-68(54)72)49-81-80-48-58(52-31-37-66(84)38-32-52)34-40-76(80)78(50-82(81)79(75)47-57)64-45-61(73-27-11-19-55-15-3-7-23-69(55)73)42-62(46-64)74-28-12-20-56-16-4-8-24-70(56)74/h1-50,83-84H. The van der Waals surface area contributed by atoms with Gasteiger partial charge in [0.1, 0.15) is 11.5 Å². The van der Waals surface area contributed by atoms with E-state index in [-0.39, 0.29) is 11.5 Å². The summed E-state index contributed by atoms with van der Waals surface area (Å²) >= 11 is 0. The van der Waals surface area contributed by atoms with E-state index in [1.165, 1.54) is 65.3 Å². The summed E-state index contributed by atoms with van der Waals surface area (Å²) in [6, 6.07) is 110. The highest BCUT2D eigenvalue weighted by atomic mass is 16.3. The molecule has 0 saturated heterocycles. The van der Waals surface area contributed by atoms with Crippen molar-refractivity contribution in [1.82, 2.24) is 0 Å². The van der Waals surface area contributed by atoms with Gasteiger partial charge in [0.15, 0.2) is 0 Å². The molecule has 16 rings (SSSR count). The molecular weight excluding hydrogens is 1020 g/mol. The zero-order chi connectivity index (χ0) is 55.8. The van der Waals surface area contributed by atoms with Gasteiger partial charge in [0.25, 0.3) is 0 Å². The highest BCUT2D eigenvalue weighted by Gasteiger charge is 2.21. The van der Waals surface area contributed by atoms with E-state index >= 15 is 0 Å². The second kappa shape index (κ2) is 19.9. The van der Waals surface area contributed by atoms with Gasteiger partial charge in [-0.2, -0.15) is 0 Å². The maximum atomic E-state index is 10.5. The van der Waals surface area contributed by atoms with Crippen molar-refractivity contribution in [2.24, 2.45) is 0 Å². The molecule has 0 aliphatic rings. The van der Waals surface area contributed by atoms with Crippen LogP contribution in [0.4, 0.5) is 0 Å². The van der Waals surface area contributed by atoms with Crippen LogP contribution in [0.5, 0.6) is 11.5 Å². The van der Waals surface area contributed by atoms with E-state index in [0.29, 0.717) is 0 Å². The van der Waals surface area contributed by atoms with Crippen LogP contribution in [-0.4, -0.2) is 10.2 Å². The summed E-state index contributed by atoms with van der Waals surface area (Å²) in [5, 5.41) is 37.4. The summed E-state index contributed by atoms with van der Waals surface area (Å²) in [7, 11) is 0. The molecule has 0 aliphatic heterocycles. The third kappa shape index (κ3) is 8.43. The van der Waals surface area contributed by atoms with Gasteiger partial charge in [-0.1, -0.05) is 218 Å². The molecule has 0 saturated carbocycles. The molecule has 0 amide bonds. The molecule has 392 valence electrons. The topological polar surface area (TPSA) is 40.5 Å². The zero-order valence-corrected chi connectivity index (χ0v) is 45.8. The Balaban J connectivity index is 1.03. The van der Waals surface area contributed by atoms with Crippen LogP contribution in [0.3, 0.4) is 0 Å². The molecule has 0 unspecified atom stereocenters. The number of phenols is 2. The first-order chi connectivity index (χ1) is 41.4. The van der Waals surface area contributed by atoms with Crippen LogP contribution in [0.2, 0.25) is 0 Å². The third-order valence-electron chi connectivity index (χ3n) is 17.4. The monoisotopic (exact) mass is 1070 g/mol. The Morgan fingerprint density at radius 2 is 0.393 bits per heavy atom. The fourth-order valence-corrected chi connectivity index (χ4v) is 13.3. The Morgan fingerprint density at radius 3 is 0.702 bits per heavy atom. The molecule has 16 aromatic carbocycles. The SMILES string of the molecule is Oc1ccc(-c2ccc3c(-c4cc(-c5cccc6ccccc56)cc(-c5cccc6ccccc56)c4)cc4c5cc(-c6ccc(O)cc6)ccc5c(-c5cc(-c6cccc7ccccc67)cc(-c6cccc7ccccc67)c5)cc4c3c2)cc1. The maximum absolute atomic E-state index is 10.5. The van der Waals surface area contributed by atoms with Crippen molar-refractivity contribution in [3.05, 3.63) is 303 Å². The lowest BCUT2D eigenvalue weighted by molar-refractivity contribution is 0.475. The Kier molecular flexibility index (Phi) is 11.6. The Hall–Kier alpha value is -11.1. The number of benzene rings is 16. The normalized spacial score (nSPS) is 11.7. The molecule has 0 radical (unpaired) electrons. The molecule has 2 heteroatoms. The van der Waals surface area contributed by atoms with Gasteiger partial charge in [0.2, 0.25) is 0 Å². The summed E-state index contributed by atoms with van der Waals surface area (Å²) in [5.74, 6) is 0.462. The van der Waals surface area contributed by atoms with Crippen molar-refractivity contribution in [2.45, 2.75) is 0 Å². The predicted molar refractivity (Wildman–Crippen MR) is 356 cm³/mol. The number of fused-ring (bicyclic) bond motifs is 9. The molecule has 16 aromatic rings. The second-order valence-electron chi connectivity index (χ2n) is 22.3. The Labute approximate surface area is 486 Å². The molecule has 0 aromatic heterocycles. The van der Waals surface area contributed by atoms with Crippen molar-refractivity contribution >= 4 is 75.4 Å². The number of phenolic OH excluding ortho intramolecular Hbond substituents is 2. The van der Waals surface area contributed by atoms with Crippen LogP contribution in [0.1, 0.15) is 0 Å². The first-order valence-electron chi connectivity index (χ1n) is 28.7. The van der Waals surface area contributed by atoms with Crippen LogP contribution in [0, 0.1) is 0 Å². The van der Waals surface area contributed by atoms with E-state index in [2.05, 4.69) is 255 Å². The summed E-state index contributed by atoms with van der Waals surface area (Å²) in [6.45, 7) is 0. The molecule has 0 bridgehead atoms. The van der Waals surface area contributed by atoms with Gasteiger partial charge < -0.3 is 10.2 Å². The molecule has 0 aliphatic carbocycles. The van der Waals surface area contributed by atoms with Gasteiger partial charge in [0.05, 0.1) is 0 Å². The smallest absolute Gasteiger partial charge is 0.115 e. The van der Waals surface area contributed by atoms with Gasteiger partial charge in [-0.15, -0.1) is 0 Å². The van der Waals surface area contributed by atoms with Crippen molar-refractivity contribution in [3.63, 3.8) is 0 Å². The third-order valence-corrected chi connectivity index (χ3v) is 17.4. The van der Waals surface area contributed by atoms with Gasteiger partial charge in [-0.3, -0.25) is 0 Å². The van der Waals surface area contributed by atoms with Gasteiger partial charge in [-0.25, -0.2) is 0 Å². The number of hydrogen-bond acceptors (Lipinski definition) is 2. The van der Waals surface area contributed by atoms with Gasteiger partial charge in [-0.05, 0) is 249 Å². The minimum atomic E-state index is 0.231. The van der Waals surface area contributed by atoms with E-state index in [1.807, 2.05) is 24.3 Å². The second-order valence-corrected chi connectivity index (χ2v) is 22.3. The number of aromatic hydroxyl groups is 2. The van der Waals surface area contributed by atoms with E-state index in [0.717, 1.165) is 99.1 Å². The van der Waals surface area contributed by atoms with Crippen molar-refractivity contribution in [2.75, 3.05) is 0 Å². The highest BCUT2D eigenvalue weighted by Crippen LogP contribution is 2.48. The average Bonchev–Trinajstić information content (AvgIpc) is 1.23. The van der Waals surface area contributed by atoms with Crippen LogP contribution >= 0.6 is 0 Å². The lowest BCUT2D eigenvalue weighted by atomic mass is 9.83. The molecule has 2 N–H and O–H groups in total. The van der Waals surface area contributed by atoms with Crippen LogP contribution in [-0.2, 0) is 0 Å². The number of hydrogen-bond donors (Lipinski definition) is 2. The minimum Gasteiger partial charge on any atom is -0.508 e. The average molecular weight is 1070 g/mol. The predicted octanol–water partition coefficient (Wildman–Crippen LogP) is 22.5. The fourth-order valence-electron chi connectivity index (χ4n) is 13.3. The first-order valence-corrected chi connectivity index (χ1v) is 28.7. The van der Waals surface area contributed by atoms with Crippen molar-refractivity contribution < 1.29 is 10.2 Å². The quantitative estimate of drug-likeness (QED) is 0.149. The van der Waals surface area contributed by atoms with E-state index in [1.54, 1.807) is 24.3 Å². The Bertz CT molecular complexity index is 4770. The molecule has 84 heavy (non-hydrogen) atoms. The van der Waals surface area contributed by atoms with Crippen LogP contribution in [0.15, 0.2) is 303 Å². The van der Waals surface area contributed by atoms with E-state index in [4.69, 9.17) is 0 Å². The van der Waals surface area contributed by atoms with Gasteiger partial charge in [0, 0.05) is 0 Å². The van der Waals surface area contributed by atoms with Gasteiger partial charge >= 0.3 is 0 Å². The number of rotatable bonds is 8. The summed E-state index contributed by atoms with van der Waals surface area (Å²) < 4.78 is 0. The maximum Gasteiger partial charge on any atom is 0.115 e. The molecule has 2 nitrogen and oxygen atoms in total. The minimum absolute atomic E-state index is 0.231. The molecule has 0 fully saturated rings. The molecule has 0 spiro atoms. The molecule has 0 atom stereocenters. The zero-order valence-electron chi connectivity index (χ0n) is 45.8. The lowest BCUT2D eigenvalue weighted by Gasteiger charge is -2.20. The van der Waals surface area contributed by atoms with E-state index in [9.17, 15) is 10.2 Å². The summed E-state index contributed by atoms with van der Waals surface area (Å²) in [6.07, 6.45) is 0. The fraction of sp³-hybridized carbons (Fsp3) is 0. The summed E-state index contributed by atoms with van der Waals surface area (Å²) in [5.41, 5.74) is 17.9. The highest BCUT2D eigenvalue weighted by molar-refractivity contribution is 6.25.